The minimum absolute atomic E-state index is 0.0271. The summed E-state index contributed by atoms with van der Waals surface area (Å²) in [5.41, 5.74) is 1.24. The van der Waals surface area contributed by atoms with Gasteiger partial charge < -0.3 is 39.1 Å². The highest BCUT2D eigenvalue weighted by Gasteiger charge is 2.33. The van der Waals surface area contributed by atoms with Crippen molar-refractivity contribution in [3.8, 4) is 62.7 Å². The Bertz CT molecular complexity index is 1990. The van der Waals surface area contributed by atoms with E-state index in [1.807, 2.05) is 0 Å². The number of ether oxygens (including phenoxy) is 3. The lowest BCUT2D eigenvalue weighted by Crippen LogP contribution is -2.21. The van der Waals surface area contributed by atoms with Crippen LogP contribution >= 0.6 is 0 Å². The van der Waals surface area contributed by atoms with Crippen molar-refractivity contribution < 1.29 is 43.8 Å². The first-order valence-corrected chi connectivity index (χ1v) is 13.2. The Morgan fingerprint density at radius 2 is 1.53 bits per heavy atom. The van der Waals surface area contributed by atoms with Gasteiger partial charge in [-0.3, -0.25) is 9.59 Å². The fraction of sp³-hybridized carbons (Fsp3) is 0.152. The van der Waals surface area contributed by atoms with Crippen LogP contribution in [0.1, 0.15) is 34.0 Å². The van der Waals surface area contributed by atoms with Gasteiger partial charge in [-0.1, -0.05) is 6.07 Å². The summed E-state index contributed by atoms with van der Waals surface area (Å²) in [6.45, 7) is 1.64. The Labute approximate surface area is 244 Å². The molecule has 10 nitrogen and oxygen atoms in total. The first-order chi connectivity index (χ1) is 20.6. The first-order valence-electron chi connectivity index (χ1n) is 13.2. The number of phenols is 4. The number of methoxy groups -OCH3 is 2. The van der Waals surface area contributed by atoms with Crippen LogP contribution in [-0.4, -0.2) is 40.4 Å². The zero-order valence-electron chi connectivity index (χ0n) is 23.3. The van der Waals surface area contributed by atoms with Crippen molar-refractivity contribution in [2.24, 2.45) is 0 Å². The summed E-state index contributed by atoms with van der Waals surface area (Å²) < 4.78 is 23.2. The Hall–Kier alpha value is -5.64. The molecule has 218 valence electrons. The summed E-state index contributed by atoms with van der Waals surface area (Å²) in [6.07, 6.45) is -0.859. The molecule has 0 fully saturated rings. The number of carbonyl (C=O) groups is 1. The lowest BCUT2D eigenvalue weighted by Gasteiger charge is -2.28. The predicted octanol–water partition coefficient (Wildman–Crippen LogP) is 5.98. The van der Waals surface area contributed by atoms with Crippen molar-refractivity contribution in [3.63, 3.8) is 0 Å². The number of benzene rings is 4. The summed E-state index contributed by atoms with van der Waals surface area (Å²) in [5, 5.41) is 41.9. The molecule has 0 radical (unpaired) electrons. The van der Waals surface area contributed by atoms with Crippen molar-refractivity contribution in [2.75, 3.05) is 14.2 Å². The van der Waals surface area contributed by atoms with Crippen LogP contribution in [0.3, 0.4) is 0 Å². The third-order valence-corrected chi connectivity index (χ3v) is 7.59. The van der Waals surface area contributed by atoms with Gasteiger partial charge in [-0.05, 0) is 48.9 Å². The van der Waals surface area contributed by atoms with Crippen LogP contribution in [0.15, 0.2) is 69.9 Å². The van der Waals surface area contributed by atoms with Crippen LogP contribution in [-0.2, 0) is 0 Å². The van der Waals surface area contributed by atoms with E-state index in [0.717, 1.165) is 6.07 Å². The van der Waals surface area contributed by atoms with E-state index in [1.165, 1.54) is 32.4 Å². The molecule has 0 bridgehead atoms. The van der Waals surface area contributed by atoms with Gasteiger partial charge in [0.2, 0.25) is 0 Å². The molecule has 1 unspecified atom stereocenters. The van der Waals surface area contributed by atoms with Crippen molar-refractivity contribution >= 4 is 16.8 Å². The number of hydrogen-bond donors (Lipinski definition) is 4. The summed E-state index contributed by atoms with van der Waals surface area (Å²) in [7, 11) is 2.89. The Kier molecular flexibility index (Phi) is 6.61. The average molecular weight is 583 g/mol. The monoisotopic (exact) mass is 582 g/mol. The fourth-order valence-electron chi connectivity index (χ4n) is 5.40. The van der Waals surface area contributed by atoms with Crippen LogP contribution in [0.25, 0.3) is 33.4 Å². The second-order valence-electron chi connectivity index (χ2n) is 10.1. The highest BCUT2D eigenvalue weighted by molar-refractivity contribution is 6.04. The molecule has 0 amide bonds. The van der Waals surface area contributed by atoms with Gasteiger partial charge in [0.25, 0.3) is 0 Å². The molecule has 4 aromatic carbocycles. The normalized spacial score (nSPS) is 14.3. The van der Waals surface area contributed by atoms with E-state index in [-0.39, 0.29) is 63.1 Å². The zero-order valence-corrected chi connectivity index (χ0v) is 23.3. The fourth-order valence-corrected chi connectivity index (χ4v) is 5.40. The molecule has 5 aromatic rings. The number of ketones is 1. The van der Waals surface area contributed by atoms with Gasteiger partial charge in [-0.15, -0.1) is 0 Å². The highest BCUT2D eigenvalue weighted by Crippen LogP contribution is 2.48. The van der Waals surface area contributed by atoms with Gasteiger partial charge in [0, 0.05) is 34.9 Å². The van der Waals surface area contributed by atoms with Crippen LogP contribution in [0.5, 0.6) is 40.2 Å². The average Bonchev–Trinajstić information content (AvgIpc) is 2.98. The standard InChI is InChI=1S/C33H26O10/c1-15-25(41-3)14-28-31(32(15)39)23(38)13-27(42-28)17-6-9-24(40-2)19(10-17)29-20(35)11-21(36)30-22(37)12-26(43-33(29)30)16-4-7-18(34)8-5-16/h4-12,14,27,34-36,39H,13H2,1-3H3. The van der Waals surface area contributed by atoms with Crippen molar-refractivity contribution in [1.29, 1.82) is 0 Å². The van der Waals surface area contributed by atoms with Crippen molar-refractivity contribution in [2.45, 2.75) is 19.4 Å². The molecule has 43 heavy (non-hydrogen) atoms. The van der Waals surface area contributed by atoms with E-state index in [4.69, 9.17) is 18.6 Å². The second-order valence-corrected chi connectivity index (χ2v) is 10.1. The smallest absolute Gasteiger partial charge is 0.197 e. The molecule has 4 N–H and O–H groups in total. The number of rotatable bonds is 5. The number of phenolic OH excluding ortho intramolecular Hbond substituents is 4. The Balaban J connectivity index is 1.53. The molecule has 0 aliphatic carbocycles. The predicted molar refractivity (Wildman–Crippen MR) is 157 cm³/mol. The van der Waals surface area contributed by atoms with Gasteiger partial charge in [-0.2, -0.15) is 0 Å². The summed E-state index contributed by atoms with van der Waals surface area (Å²) in [5.74, 6) is -0.383. The van der Waals surface area contributed by atoms with E-state index < -0.39 is 17.3 Å². The van der Waals surface area contributed by atoms with Gasteiger partial charge in [0.15, 0.2) is 16.8 Å². The van der Waals surface area contributed by atoms with Gasteiger partial charge in [0.1, 0.15) is 63.1 Å². The number of Topliss-reactive ketones (excluding diaryl/α,β-unsaturated/α-hetero) is 1. The first kappa shape index (κ1) is 27.5. The molecule has 0 spiro atoms. The summed E-state index contributed by atoms with van der Waals surface area (Å²) >= 11 is 0. The molecule has 0 saturated heterocycles. The largest absolute Gasteiger partial charge is 0.508 e. The minimum Gasteiger partial charge on any atom is -0.508 e. The van der Waals surface area contributed by atoms with E-state index >= 15 is 0 Å². The topological polar surface area (TPSA) is 156 Å². The molecule has 1 atom stereocenters. The lowest BCUT2D eigenvalue weighted by molar-refractivity contribution is 0.0844. The minimum atomic E-state index is -0.776. The Morgan fingerprint density at radius 1 is 0.814 bits per heavy atom. The number of fused-ring (bicyclic) bond motifs is 2. The van der Waals surface area contributed by atoms with Crippen LogP contribution in [0.2, 0.25) is 0 Å². The van der Waals surface area contributed by atoms with E-state index in [2.05, 4.69) is 0 Å². The molecule has 6 rings (SSSR count). The molecular formula is C33H26O10. The quantitative estimate of drug-likeness (QED) is 0.194. The highest BCUT2D eigenvalue weighted by atomic mass is 16.5. The Morgan fingerprint density at radius 3 is 2.23 bits per heavy atom. The van der Waals surface area contributed by atoms with E-state index in [0.29, 0.717) is 33.8 Å². The molecule has 0 saturated carbocycles. The maximum absolute atomic E-state index is 13.2. The SMILES string of the molecule is COc1ccc(C2CC(=O)c3c(cc(OC)c(C)c3O)O2)cc1-c1c(O)cc(O)c2c(=O)cc(-c3ccc(O)cc3)oc12. The summed E-state index contributed by atoms with van der Waals surface area (Å²) in [6, 6.07) is 14.8. The summed E-state index contributed by atoms with van der Waals surface area (Å²) in [4.78, 5) is 26.4. The van der Waals surface area contributed by atoms with E-state index in [1.54, 1.807) is 43.3 Å². The maximum Gasteiger partial charge on any atom is 0.197 e. The zero-order chi connectivity index (χ0) is 30.6. The van der Waals surface area contributed by atoms with Crippen molar-refractivity contribution in [1.82, 2.24) is 0 Å². The third-order valence-electron chi connectivity index (χ3n) is 7.59. The number of carbonyl (C=O) groups excluding carboxylic acids is 1. The lowest BCUT2D eigenvalue weighted by atomic mass is 9.91. The van der Waals surface area contributed by atoms with Gasteiger partial charge in [0.05, 0.1) is 26.2 Å². The molecule has 10 heteroatoms. The van der Waals surface area contributed by atoms with Crippen LogP contribution < -0.4 is 19.6 Å². The van der Waals surface area contributed by atoms with E-state index in [9.17, 15) is 30.0 Å². The van der Waals surface area contributed by atoms with Gasteiger partial charge in [-0.25, -0.2) is 0 Å². The molecule has 1 aliphatic heterocycles. The van der Waals surface area contributed by atoms with Crippen LogP contribution in [0, 0.1) is 6.92 Å². The van der Waals surface area contributed by atoms with Gasteiger partial charge >= 0.3 is 0 Å². The molecule has 2 heterocycles. The maximum atomic E-state index is 13.2. The molecule has 1 aromatic heterocycles. The number of aromatic hydroxyl groups is 4. The van der Waals surface area contributed by atoms with Crippen molar-refractivity contribution in [3.05, 3.63) is 87.6 Å². The third kappa shape index (κ3) is 4.53. The number of hydrogen-bond acceptors (Lipinski definition) is 10. The van der Waals surface area contributed by atoms with Crippen LogP contribution in [0.4, 0.5) is 0 Å². The molecule has 1 aliphatic rings. The second kappa shape index (κ2) is 10.3. The molecular weight excluding hydrogens is 556 g/mol.